The minimum Gasteiger partial charge on any atom is -0.493 e. The fourth-order valence-electron chi connectivity index (χ4n) is 1.07. The van der Waals surface area contributed by atoms with Crippen molar-refractivity contribution >= 4 is 0 Å². The second-order valence-electron chi connectivity index (χ2n) is 3.06. The predicted octanol–water partition coefficient (Wildman–Crippen LogP) is 1.71. The Bertz CT molecular complexity index is 406. The lowest BCUT2D eigenvalue weighted by Crippen LogP contribution is -1.95. The molecule has 0 aromatic heterocycles. The Morgan fingerprint density at radius 1 is 1.19 bits per heavy atom. The summed E-state index contributed by atoms with van der Waals surface area (Å²) in [6.07, 6.45) is 0.873. The number of nitrogens with zero attached hydrogens (tertiary/aromatic N) is 1. The van der Waals surface area contributed by atoms with Gasteiger partial charge in [-0.1, -0.05) is 11.8 Å². The topological polar surface area (TPSA) is 53.2 Å². The van der Waals surface area contributed by atoms with Crippen LogP contribution in [0.4, 0.5) is 0 Å². The highest BCUT2D eigenvalue weighted by molar-refractivity contribution is 5.38. The summed E-state index contributed by atoms with van der Waals surface area (Å²) < 4.78 is 5.32. The summed E-state index contributed by atoms with van der Waals surface area (Å²) in [4.78, 5) is 0. The van der Waals surface area contributed by atoms with Gasteiger partial charge in [-0.15, -0.1) is 0 Å². The van der Waals surface area contributed by atoms with Crippen LogP contribution in [0, 0.1) is 23.2 Å². The number of benzene rings is 1. The van der Waals surface area contributed by atoms with Crippen LogP contribution in [0.25, 0.3) is 0 Å². The third-order valence-corrected chi connectivity index (χ3v) is 1.81. The molecule has 0 bridgehead atoms. The number of rotatable bonds is 4. The third-order valence-electron chi connectivity index (χ3n) is 1.81. The SMILES string of the molecule is N#CCCOc1ccc(C#CCCO)cc1. The highest BCUT2D eigenvalue weighted by atomic mass is 16.5. The summed E-state index contributed by atoms with van der Waals surface area (Å²) in [5, 5.41) is 16.9. The molecule has 0 aliphatic rings. The minimum absolute atomic E-state index is 0.0857. The van der Waals surface area contributed by atoms with Crippen LogP contribution in [0.15, 0.2) is 24.3 Å². The van der Waals surface area contributed by atoms with E-state index in [4.69, 9.17) is 15.1 Å². The Labute approximate surface area is 95.3 Å². The fraction of sp³-hybridized carbons (Fsp3) is 0.308. The molecule has 0 spiro atoms. The van der Waals surface area contributed by atoms with E-state index in [9.17, 15) is 0 Å². The van der Waals surface area contributed by atoms with Gasteiger partial charge < -0.3 is 9.84 Å². The molecule has 0 heterocycles. The molecule has 0 atom stereocenters. The van der Waals surface area contributed by atoms with Crippen molar-refractivity contribution in [3.8, 4) is 23.7 Å². The maximum atomic E-state index is 8.56. The van der Waals surface area contributed by atoms with Crippen molar-refractivity contribution < 1.29 is 9.84 Å². The lowest BCUT2D eigenvalue weighted by atomic mass is 10.2. The molecule has 1 N–H and O–H groups in total. The van der Waals surface area contributed by atoms with Gasteiger partial charge in [-0.05, 0) is 24.3 Å². The van der Waals surface area contributed by atoms with Crippen LogP contribution in [0.1, 0.15) is 18.4 Å². The Balaban J connectivity index is 2.49. The summed E-state index contributed by atoms with van der Waals surface area (Å²) >= 11 is 0. The first kappa shape index (κ1) is 12.1. The van der Waals surface area contributed by atoms with E-state index in [-0.39, 0.29) is 6.61 Å². The van der Waals surface area contributed by atoms with Crippen molar-refractivity contribution in [2.24, 2.45) is 0 Å². The monoisotopic (exact) mass is 215 g/mol. The highest BCUT2D eigenvalue weighted by Gasteiger charge is 1.92. The molecule has 16 heavy (non-hydrogen) atoms. The van der Waals surface area contributed by atoms with Crippen LogP contribution in [0.3, 0.4) is 0 Å². The maximum Gasteiger partial charge on any atom is 0.119 e. The highest BCUT2D eigenvalue weighted by Crippen LogP contribution is 2.11. The second-order valence-corrected chi connectivity index (χ2v) is 3.06. The summed E-state index contributed by atoms with van der Waals surface area (Å²) in [7, 11) is 0. The average molecular weight is 215 g/mol. The zero-order chi connectivity index (χ0) is 11.6. The number of ether oxygens (including phenoxy) is 1. The first-order chi connectivity index (χ1) is 7.86. The molecule has 0 radical (unpaired) electrons. The Kier molecular flexibility index (Phi) is 5.55. The molecule has 1 aromatic carbocycles. The van der Waals surface area contributed by atoms with Crippen LogP contribution >= 0.6 is 0 Å². The number of hydrogen-bond acceptors (Lipinski definition) is 3. The molecule has 0 saturated carbocycles. The smallest absolute Gasteiger partial charge is 0.119 e. The summed E-state index contributed by atoms with van der Waals surface area (Å²) in [6.45, 7) is 0.494. The van der Waals surface area contributed by atoms with Gasteiger partial charge in [0.15, 0.2) is 0 Å². The molecule has 1 aromatic rings. The number of aliphatic hydroxyl groups is 1. The van der Waals surface area contributed by atoms with Crippen LogP contribution in [-0.2, 0) is 0 Å². The molecule has 1 rings (SSSR count). The molecule has 0 unspecified atom stereocenters. The van der Waals surface area contributed by atoms with E-state index in [0.29, 0.717) is 19.4 Å². The van der Waals surface area contributed by atoms with Gasteiger partial charge >= 0.3 is 0 Å². The molecule has 0 saturated heterocycles. The molecule has 0 fully saturated rings. The number of nitriles is 1. The van der Waals surface area contributed by atoms with Crippen LogP contribution in [0.2, 0.25) is 0 Å². The van der Waals surface area contributed by atoms with Gasteiger partial charge in [-0.3, -0.25) is 0 Å². The van der Waals surface area contributed by atoms with Gasteiger partial charge in [0.05, 0.1) is 19.1 Å². The first-order valence-electron chi connectivity index (χ1n) is 5.06. The quantitative estimate of drug-likeness (QED) is 0.614. The van der Waals surface area contributed by atoms with Crippen molar-refractivity contribution in [2.75, 3.05) is 13.2 Å². The van der Waals surface area contributed by atoms with Crippen molar-refractivity contribution in [1.82, 2.24) is 0 Å². The second kappa shape index (κ2) is 7.34. The van der Waals surface area contributed by atoms with Crippen molar-refractivity contribution in [3.63, 3.8) is 0 Å². The zero-order valence-corrected chi connectivity index (χ0v) is 8.94. The Hall–Kier alpha value is -1.97. The normalized spacial score (nSPS) is 8.75. The molecular formula is C13H13NO2. The molecular weight excluding hydrogens is 202 g/mol. The summed E-state index contributed by atoms with van der Waals surface area (Å²) in [5.74, 6) is 6.50. The maximum absolute atomic E-state index is 8.56. The van der Waals surface area contributed by atoms with Gasteiger partial charge in [0.1, 0.15) is 12.4 Å². The third kappa shape index (κ3) is 4.50. The minimum atomic E-state index is 0.0857. The van der Waals surface area contributed by atoms with Crippen molar-refractivity contribution in [2.45, 2.75) is 12.8 Å². The number of hydrogen-bond donors (Lipinski definition) is 1. The Morgan fingerprint density at radius 3 is 2.56 bits per heavy atom. The van der Waals surface area contributed by atoms with E-state index in [0.717, 1.165) is 11.3 Å². The molecule has 0 aliphatic carbocycles. The Morgan fingerprint density at radius 2 is 1.94 bits per heavy atom. The summed E-state index contributed by atoms with van der Waals surface area (Å²) in [6, 6.07) is 9.36. The van der Waals surface area contributed by atoms with Crippen molar-refractivity contribution in [3.05, 3.63) is 29.8 Å². The molecule has 3 heteroatoms. The van der Waals surface area contributed by atoms with Crippen LogP contribution in [-0.4, -0.2) is 18.3 Å². The van der Waals surface area contributed by atoms with Gasteiger partial charge in [0, 0.05) is 12.0 Å². The lowest BCUT2D eigenvalue weighted by molar-refractivity contribution is 0.305. The molecule has 0 amide bonds. The number of aliphatic hydroxyl groups excluding tert-OH is 1. The van der Waals surface area contributed by atoms with Gasteiger partial charge in [0.2, 0.25) is 0 Å². The first-order valence-corrected chi connectivity index (χ1v) is 5.06. The standard InChI is InChI=1S/C13H13NO2/c14-9-3-11-16-13-7-5-12(6-8-13)4-1-2-10-15/h5-8,15H,2-3,10-11H2. The van der Waals surface area contributed by atoms with E-state index in [1.807, 2.05) is 30.3 Å². The van der Waals surface area contributed by atoms with E-state index in [1.54, 1.807) is 0 Å². The van der Waals surface area contributed by atoms with E-state index in [2.05, 4.69) is 11.8 Å². The van der Waals surface area contributed by atoms with Crippen molar-refractivity contribution in [1.29, 1.82) is 5.26 Å². The van der Waals surface area contributed by atoms with Gasteiger partial charge in [-0.25, -0.2) is 0 Å². The zero-order valence-electron chi connectivity index (χ0n) is 8.94. The lowest BCUT2D eigenvalue weighted by Gasteiger charge is -2.02. The molecule has 0 aliphatic heterocycles. The largest absolute Gasteiger partial charge is 0.493 e. The summed E-state index contributed by atoms with van der Waals surface area (Å²) in [5.41, 5.74) is 0.890. The molecule has 3 nitrogen and oxygen atoms in total. The van der Waals surface area contributed by atoms with Gasteiger partial charge in [0.25, 0.3) is 0 Å². The average Bonchev–Trinajstić information content (AvgIpc) is 2.32. The van der Waals surface area contributed by atoms with E-state index < -0.39 is 0 Å². The van der Waals surface area contributed by atoms with E-state index >= 15 is 0 Å². The van der Waals surface area contributed by atoms with Crippen LogP contribution < -0.4 is 4.74 Å². The van der Waals surface area contributed by atoms with Gasteiger partial charge in [-0.2, -0.15) is 5.26 Å². The van der Waals surface area contributed by atoms with Crippen LogP contribution in [0.5, 0.6) is 5.75 Å². The fourth-order valence-corrected chi connectivity index (χ4v) is 1.07. The predicted molar refractivity (Wildman–Crippen MR) is 60.7 cm³/mol. The van der Waals surface area contributed by atoms with E-state index in [1.165, 1.54) is 0 Å². The molecule has 82 valence electrons.